The number of carbonyl (C=O) groups excluding carboxylic acids is 5. The van der Waals surface area contributed by atoms with Crippen LogP contribution in [0.5, 0.6) is 0 Å². The summed E-state index contributed by atoms with van der Waals surface area (Å²) in [6.45, 7) is 39.7. The highest BCUT2D eigenvalue weighted by Gasteiger charge is 2.42. The molecule has 1 aromatic heterocycles. The third-order valence-electron chi connectivity index (χ3n) is 13.3. The van der Waals surface area contributed by atoms with Gasteiger partial charge in [-0.2, -0.15) is 0 Å². The van der Waals surface area contributed by atoms with Gasteiger partial charge in [-0.3, -0.25) is 24.0 Å². The molecular weight excluding hydrogens is 825 g/mol. The van der Waals surface area contributed by atoms with Crippen LogP contribution in [0.3, 0.4) is 0 Å². The van der Waals surface area contributed by atoms with Gasteiger partial charge in [0.15, 0.2) is 0 Å². The molecule has 0 saturated heterocycles. The summed E-state index contributed by atoms with van der Waals surface area (Å²) in [5.41, 5.74) is 1.95. The van der Waals surface area contributed by atoms with Crippen molar-refractivity contribution in [2.75, 3.05) is 17.7 Å². The standard InChI is InChI=1S/C51H86N6O6S/c1-21-49(19,20)48(62)63-27-28-64-51(25-5,26-6)47(61)55-43-41(45(59)57(34(15)16)35(17)18)39(31(9)10)37(53-43)29-36-38(30(7)8)40(44(58)56(32(11)12)33(13)14)42(52-36)54-46(60)50(22-2,23-3)24-4/h29-35,53H,21-28H2,1-20H3,(H,55,61)(H,52,54,60). The molecule has 1 aliphatic rings. The zero-order chi connectivity index (χ0) is 49.2. The second-order valence-electron chi connectivity index (χ2n) is 19.8. The third-order valence-corrected chi connectivity index (χ3v) is 15.0. The minimum absolute atomic E-state index is 0.125. The first-order valence-electron chi connectivity index (χ1n) is 24.1. The molecular formula is C51H86N6O6S. The van der Waals surface area contributed by atoms with Crippen molar-refractivity contribution in [3.63, 3.8) is 0 Å². The van der Waals surface area contributed by atoms with Crippen LogP contribution in [0.1, 0.15) is 205 Å². The number of anilines is 1. The van der Waals surface area contributed by atoms with Crippen LogP contribution in [0.15, 0.2) is 21.8 Å². The molecule has 13 heteroatoms. The van der Waals surface area contributed by atoms with Crippen LogP contribution in [0.2, 0.25) is 0 Å². The van der Waals surface area contributed by atoms with Gasteiger partial charge in [-0.05, 0) is 137 Å². The second-order valence-corrected chi connectivity index (χ2v) is 21.2. The van der Waals surface area contributed by atoms with Gasteiger partial charge in [-0.15, -0.1) is 11.8 Å². The Hall–Kier alpha value is -3.87. The van der Waals surface area contributed by atoms with E-state index < -0.39 is 15.6 Å². The fourth-order valence-corrected chi connectivity index (χ4v) is 9.98. The zero-order valence-corrected chi connectivity index (χ0v) is 44.2. The lowest BCUT2D eigenvalue weighted by molar-refractivity contribution is -0.153. The molecule has 0 unspecified atom stereocenters. The molecule has 3 N–H and O–H groups in total. The summed E-state index contributed by atoms with van der Waals surface area (Å²) < 4.78 is 4.75. The average Bonchev–Trinajstić information content (AvgIpc) is 3.75. The van der Waals surface area contributed by atoms with Gasteiger partial charge in [0, 0.05) is 41.0 Å². The highest BCUT2D eigenvalue weighted by atomic mass is 32.2. The van der Waals surface area contributed by atoms with E-state index in [1.165, 1.54) is 11.8 Å². The smallest absolute Gasteiger partial charge is 0.311 e. The fourth-order valence-electron chi connectivity index (χ4n) is 8.83. The number of aliphatic imine (C=N–C) groups is 1. The molecule has 12 nitrogen and oxygen atoms in total. The first-order chi connectivity index (χ1) is 29.7. The van der Waals surface area contributed by atoms with Crippen molar-refractivity contribution < 1.29 is 28.7 Å². The van der Waals surface area contributed by atoms with E-state index in [-0.39, 0.29) is 83.9 Å². The molecule has 2 heterocycles. The SMILES string of the molecule is CCC(C)(C)C(=O)OCCSC(CC)(CC)C(=O)Nc1[nH]c(C=C2N=C(NC(=O)C(CC)(CC)CC)C(C(=O)N(C(C)C)C(C)C)=C2C(C)C)c(C(C)C)c1C(=O)N(C(C)C)C(C)C. The molecule has 0 fully saturated rings. The highest BCUT2D eigenvalue weighted by molar-refractivity contribution is 8.01. The van der Waals surface area contributed by atoms with Crippen LogP contribution in [0.25, 0.3) is 6.08 Å². The van der Waals surface area contributed by atoms with E-state index in [1.54, 1.807) is 0 Å². The molecule has 1 aliphatic heterocycles. The number of hydrogen-bond donors (Lipinski definition) is 3. The number of carbonyl (C=O) groups is 5. The van der Waals surface area contributed by atoms with Crippen LogP contribution in [-0.4, -0.2) is 91.5 Å². The lowest BCUT2D eigenvalue weighted by atomic mass is 9.79. The number of esters is 1. The van der Waals surface area contributed by atoms with Crippen molar-refractivity contribution in [3.8, 4) is 0 Å². The molecule has 64 heavy (non-hydrogen) atoms. The number of nitrogens with one attached hydrogen (secondary N) is 3. The first-order valence-corrected chi connectivity index (χ1v) is 25.1. The van der Waals surface area contributed by atoms with E-state index >= 15 is 0 Å². The van der Waals surface area contributed by atoms with Crippen LogP contribution >= 0.6 is 11.8 Å². The van der Waals surface area contributed by atoms with E-state index in [2.05, 4.69) is 15.6 Å². The number of thioether (sulfide) groups is 1. The zero-order valence-electron chi connectivity index (χ0n) is 43.4. The minimum atomic E-state index is -0.889. The van der Waals surface area contributed by atoms with Crippen LogP contribution in [-0.2, 0) is 23.9 Å². The monoisotopic (exact) mass is 911 g/mol. The second kappa shape index (κ2) is 23.5. The number of nitrogens with zero attached hydrogens (tertiary/aromatic N) is 3. The Morgan fingerprint density at radius 1 is 0.688 bits per heavy atom. The molecule has 0 radical (unpaired) electrons. The van der Waals surface area contributed by atoms with Crippen LogP contribution in [0, 0.1) is 16.7 Å². The van der Waals surface area contributed by atoms with Gasteiger partial charge in [0.2, 0.25) is 11.8 Å². The number of rotatable bonds is 23. The van der Waals surface area contributed by atoms with Gasteiger partial charge >= 0.3 is 5.97 Å². The van der Waals surface area contributed by atoms with E-state index in [0.29, 0.717) is 77.9 Å². The number of H-pyrrole nitrogens is 1. The lowest BCUT2D eigenvalue weighted by Gasteiger charge is -2.33. The minimum Gasteiger partial charge on any atom is -0.464 e. The Morgan fingerprint density at radius 3 is 1.61 bits per heavy atom. The summed E-state index contributed by atoms with van der Waals surface area (Å²) in [5, 5.41) is 6.35. The van der Waals surface area contributed by atoms with Gasteiger partial charge in [0.1, 0.15) is 18.3 Å². The Morgan fingerprint density at radius 2 is 1.19 bits per heavy atom. The molecule has 362 valence electrons. The lowest BCUT2D eigenvalue weighted by Crippen LogP contribution is -2.48. The van der Waals surface area contributed by atoms with Crippen molar-refractivity contribution in [1.29, 1.82) is 0 Å². The predicted molar refractivity (Wildman–Crippen MR) is 267 cm³/mol. The Bertz CT molecular complexity index is 1880. The summed E-state index contributed by atoms with van der Waals surface area (Å²) in [4.78, 5) is 83.7. The van der Waals surface area contributed by atoms with Gasteiger partial charge in [-0.25, -0.2) is 4.99 Å². The molecule has 0 saturated carbocycles. The van der Waals surface area contributed by atoms with Crippen molar-refractivity contribution >= 4 is 59.1 Å². The predicted octanol–water partition coefficient (Wildman–Crippen LogP) is 11.3. The molecule has 0 spiro atoms. The van der Waals surface area contributed by atoms with Crippen molar-refractivity contribution in [2.24, 2.45) is 21.7 Å². The number of hydrogen-bond acceptors (Lipinski definition) is 8. The molecule has 0 aliphatic carbocycles. The topological polar surface area (TPSA) is 153 Å². The van der Waals surface area contributed by atoms with Crippen LogP contribution < -0.4 is 10.6 Å². The van der Waals surface area contributed by atoms with Crippen LogP contribution in [0.4, 0.5) is 5.82 Å². The van der Waals surface area contributed by atoms with E-state index in [0.717, 1.165) is 0 Å². The quantitative estimate of drug-likeness (QED) is 0.0730. The highest BCUT2D eigenvalue weighted by Crippen LogP contribution is 2.41. The summed E-state index contributed by atoms with van der Waals surface area (Å²) in [6, 6.07) is -0.537. The molecule has 0 bridgehead atoms. The summed E-state index contributed by atoms with van der Waals surface area (Å²) in [5.74, 6) is -0.595. The molecule has 0 atom stereocenters. The Balaban J connectivity index is 3.04. The average molecular weight is 911 g/mol. The number of aromatic amines is 1. The maximum absolute atomic E-state index is 15.0. The Labute approximate surface area is 391 Å². The van der Waals surface area contributed by atoms with Gasteiger partial charge in [0.25, 0.3) is 11.8 Å². The largest absolute Gasteiger partial charge is 0.464 e. The normalized spacial score (nSPS) is 14.5. The van der Waals surface area contributed by atoms with E-state index in [4.69, 9.17) is 9.73 Å². The first kappa shape index (κ1) is 56.3. The molecule has 1 aromatic rings. The van der Waals surface area contributed by atoms with E-state index in [1.807, 2.05) is 154 Å². The summed E-state index contributed by atoms with van der Waals surface area (Å²) >= 11 is 1.45. The third kappa shape index (κ3) is 12.3. The Kier molecular flexibility index (Phi) is 20.7. The molecule has 2 rings (SSSR count). The summed E-state index contributed by atoms with van der Waals surface area (Å²) in [6.07, 6.45) is 5.41. The number of aromatic nitrogens is 1. The number of amides is 4. The maximum Gasteiger partial charge on any atom is 0.311 e. The van der Waals surface area contributed by atoms with Gasteiger partial charge < -0.3 is 30.2 Å². The van der Waals surface area contributed by atoms with Crippen molar-refractivity contribution in [2.45, 2.75) is 212 Å². The molecule has 0 aromatic carbocycles. The number of allylic oxidation sites excluding steroid dienone is 1. The molecule has 4 amide bonds. The summed E-state index contributed by atoms with van der Waals surface area (Å²) in [7, 11) is 0. The van der Waals surface area contributed by atoms with E-state index in [9.17, 15) is 24.0 Å². The van der Waals surface area contributed by atoms with Crippen molar-refractivity contribution in [3.05, 3.63) is 33.7 Å². The number of ether oxygens (including phenoxy) is 1. The van der Waals surface area contributed by atoms with Gasteiger partial charge in [-0.1, -0.05) is 69.2 Å². The number of amidine groups is 1. The maximum atomic E-state index is 15.0. The van der Waals surface area contributed by atoms with Gasteiger partial charge in [0.05, 0.1) is 27.0 Å². The van der Waals surface area contributed by atoms with Crippen molar-refractivity contribution in [1.82, 2.24) is 20.1 Å². The fraction of sp³-hybridized carbons (Fsp3) is 0.725.